The lowest BCUT2D eigenvalue weighted by molar-refractivity contribution is -0.119. The van der Waals surface area contributed by atoms with Gasteiger partial charge in [-0.3, -0.25) is 9.78 Å². The average molecular weight is 224 g/mol. The minimum absolute atomic E-state index is 0.0318. The maximum atomic E-state index is 10.5. The van der Waals surface area contributed by atoms with Gasteiger partial charge in [0.05, 0.1) is 12.2 Å². The van der Waals surface area contributed by atoms with E-state index in [9.17, 15) is 4.79 Å². The Hall–Kier alpha value is -1.38. The van der Waals surface area contributed by atoms with E-state index < -0.39 is 0 Å². The van der Waals surface area contributed by atoms with Crippen LogP contribution in [0.3, 0.4) is 0 Å². The molecule has 1 aromatic heterocycles. The Labute approximate surface area is 99.3 Å². The van der Waals surface area contributed by atoms with Crippen molar-refractivity contribution in [3.8, 4) is 0 Å². The molecule has 0 unspecified atom stereocenters. The van der Waals surface area contributed by atoms with Gasteiger partial charge in [0.2, 0.25) is 5.91 Å². The number of rotatable bonds is 2. The molecule has 1 N–H and O–H groups in total. The fourth-order valence-electron chi connectivity index (χ4n) is 0.718. The molecule has 16 heavy (non-hydrogen) atoms. The SMILES string of the molecule is CC.CC(=O)NCc1ccccn1.CCC. The second kappa shape index (κ2) is 13.6. The van der Waals surface area contributed by atoms with Crippen molar-refractivity contribution < 1.29 is 4.79 Å². The number of hydrogen-bond acceptors (Lipinski definition) is 2. The summed E-state index contributed by atoms with van der Waals surface area (Å²) >= 11 is 0. The van der Waals surface area contributed by atoms with Crippen LogP contribution in [-0.2, 0) is 11.3 Å². The molecule has 0 aromatic carbocycles. The fourth-order valence-corrected chi connectivity index (χ4v) is 0.718. The predicted octanol–water partition coefficient (Wildman–Crippen LogP) is 3.16. The van der Waals surface area contributed by atoms with Gasteiger partial charge in [-0.15, -0.1) is 0 Å². The molecule has 0 aliphatic heterocycles. The second-order valence-corrected chi connectivity index (χ2v) is 2.94. The highest BCUT2D eigenvalue weighted by Crippen LogP contribution is 1.90. The van der Waals surface area contributed by atoms with E-state index in [0.717, 1.165) is 5.69 Å². The summed E-state index contributed by atoms with van der Waals surface area (Å²) in [6, 6.07) is 5.61. The van der Waals surface area contributed by atoms with Crippen molar-refractivity contribution in [1.82, 2.24) is 10.3 Å². The summed E-state index contributed by atoms with van der Waals surface area (Å²) in [5.41, 5.74) is 0.878. The summed E-state index contributed by atoms with van der Waals surface area (Å²) in [4.78, 5) is 14.5. The van der Waals surface area contributed by atoms with Crippen LogP contribution in [0.4, 0.5) is 0 Å². The summed E-state index contributed by atoms with van der Waals surface area (Å²) in [5, 5.41) is 2.66. The van der Waals surface area contributed by atoms with Crippen molar-refractivity contribution in [2.75, 3.05) is 0 Å². The molecule has 3 nitrogen and oxygen atoms in total. The van der Waals surface area contributed by atoms with Gasteiger partial charge in [-0.25, -0.2) is 0 Å². The van der Waals surface area contributed by atoms with Gasteiger partial charge in [0.1, 0.15) is 0 Å². The van der Waals surface area contributed by atoms with E-state index in [4.69, 9.17) is 0 Å². The summed E-state index contributed by atoms with van der Waals surface area (Å²) in [6.45, 7) is 10.2. The zero-order valence-electron chi connectivity index (χ0n) is 11.1. The molecule has 0 aliphatic carbocycles. The fraction of sp³-hybridized carbons (Fsp3) is 0.538. The third-order valence-corrected chi connectivity index (χ3v) is 1.24. The number of hydrogen-bond donors (Lipinski definition) is 1. The van der Waals surface area contributed by atoms with Gasteiger partial charge in [-0.2, -0.15) is 0 Å². The van der Waals surface area contributed by atoms with Crippen LogP contribution in [0.15, 0.2) is 24.4 Å². The summed E-state index contributed by atoms with van der Waals surface area (Å²) in [6.07, 6.45) is 2.96. The highest BCUT2D eigenvalue weighted by molar-refractivity contribution is 5.72. The molecule has 1 rings (SSSR count). The number of nitrogens with one attached hydrogen (secondary N) is 1. The van der Waals surface area contributed by atoms with Crippen LogP contribution in [0.25, 0.3) is 0 Å². The monoisotopic (exact) mass is 224 g/mol. The first-order chi connectivity index (χ1) is 7.70. The number of pyridine rings is 1. The van der Waals surface area contributed by atoms with Crippen LogP contribution in [-0.4, -0.2) is 10.9 Å². The van der Waals surface area contributed by atoms with Crippen LogP contribution in [0.5, 0.6) is 0 Å². The molecule has 0 bridgehead atoms. The summed E-state index contributed by atoms with van der Waals surface area (Å²) in [5.74, 6) is -0.0318. The predicted molar refractivity (Wildman–Crippen MR) is 69.1 cm³/mol. The zero-order chi connectivity index (χ0) is 12.8. The lowest BCUT2D eigenvalue weighted by atomic mass is 10.3. The van der Waals surface area contributed by atoms with Crippen molar-refractivity contribution in [1.29, 1.82) is 0 Å². The van der Waals surface area contributed by atoms with Gasteiger partial charge < -0.3 is 5.32 Å². The zero-order valence-corrected chi connectivity index (χ0v) is 11.1. The highest BCUT2D eigenvalue weighted by Gasteiger charge is 1.92. The minimum Gasteiger partial charge on any atom is -0.351 e. The van der Waals surface area contributed by atoms with Crippen molar-refractivity contribution >= 4 is 5.91 Å². The first-order valence-corrected chi connectivity index (χ1v) is 5.85. The molecule has 1 amide bonds. The Morgan fingerprint density at radius 3 is 2.25 bits per heavy atom. The van der Waals surface area contributed by atoms with Gasteiger partial charge in [0.25, 0.3) is 0 Å². The maximum Gasteiger partial charge on any atom is 0.217 e. The van der Waals surface area contributed by atoms with E-state index in [0.29, 0.717) is 6.54 Å². The van der Waals surface area contributed by atoms with Gasteiger partial charge in [-0.05, 0) is 12.1 Å². The Kier molecular flexibility index (Phi) is 14.5. The first-order valence-electron chi connectivity index (χ1n) is 5.85. The number of carbonyl (C=O) groups excluding carboxylic acids is 1. The lowest BCUT2D eigenvalue weighted by Gasteiger charge is -1.99. The molecule has 1 aromatic rings. The van der Waals surface area contributed by atoms with E-state index in [1.54, 1.807) is 6.20 Å². The molecule has 0 spiro atoms. The largest absolute Gasteiger partial charge is 0.351 e. The van der Waals surface area contributed by atoms with Crippen LogP contribution in [0.2, 0.25) is 0 Å². The first kappa shape index (κ1) is 17.0. The Morgan fingerprint density at radius 1 is 1.31 bits per heavy atom. The number of aromatic nitrogens is 1. The topological polar surface area (TPSA) is 42.0 Å². The lowest BCUT2D eigenvalue weighted by Crippen LogP contribution is -2.19. The number of carbonyl (C=O) groups is 1. The standard InChI is InChI=1S/C8H10N2O.C3H8.C2H6/c1-7(11)10-6-8-4-2-3-5-9-8;1-3-2;1-2/h2-5H,6H2,1H3,(H,10,11);3H2,1-2H3;1-2H3. The minimum atomic E-state index is -0.0318. The normalized spacial score (nSPS) is 7.81. The molecule has 92 valence electrons. The molecule has 3 heteroatoms. The van der Waals surface area contributed by atoms with Crippen molar-refractivity contribution in [2.24, 2.45) is 0 Å². The average Bonchev–Trinajstić information content (AvgIpc) is 2.31. The molecule has 0 atom stereocenters. The molecule has 0 radical (unpaired) electrons. The van der Waals surface area contributed by atoms with E-state index in [1.165, 1.54) is 13.3 Å². The van der Waals surface area contributed by atoms with Crippen LogP contribution in [0, 0.1) is 0 Å². The van der Waals surface area contributed by atoms with Crippen molar-refractivity contribution in [3.63, 3.8) is 0 Å². The van der Waals surface area contributed by atoms with Crippen molar-refractivity contribution in [3.05, 3.63) is 30.1 Å². The molecule has 0 aliphatic rings. The van der Waals surface area contributed by atoms with Crippen LogP contribution >= 0.6 is 0 Å². The number of nitrogens with zero attached hydrogens (tertiary/aromatic N) is 1. The Morgan fingerprint density at radius 2 is 1.88 bits per heavy atom. The molecule has 0 saturated carbocycles. The molecule has 1 heterocycles. The quantitative estimate of drug-likeness (QED) is 0.838. The molecule has 0 saturated heterocycles. The molecular weight excluding hydrogens is 200 g/mol. The van der Waals surface area contributed by atoms with E-state index >= 15 is 0 Å². The van der Waals surface area contributed by atoms with Crippen LogP contribution in [0.1, 0.15) is 46.7 Å². The molecule has 0 fully saturated rings. The molecular formula is C13H24N2O. The van der Waals surface area contributed by atoms with Gasteiger partial charge in [0, 0.05) is 13.1 Å². The van der Waals surface area contributed by atoms with Gasteiger partial charge >= 0.3 is 0 Å². The second-order valence-electron chi connectivity index (χ2n) is 2.94. The van der Waals surface area contributed by atoms with E-state index in [-0.39, 0.29) is 5.91 Å². The smallest absolute Gasteiger partial charge is 0.217 e. The van der Waals surface area contributed by atoms with Crippen molar-refractivity contribution in [2.45, 2.75) is 47.6 Å². The van der Waals surface area contributed by atoms with Crippen LogP contribution < -0.4 is 5.32 Å². The van der Waals surface area contributed by atoms with Gasteiger partial charge in [0.15, 0.2) is 0 Å². The Bertz CT molecular complexity index is 247. The number of amides is 1. The third kappa shape index (κ3) is 12.6. The highest BCUT2D eigenvalue weighted by atomic mass is 16.1. The Balaban J connectivity index is 0. The summed E-state index contributed by atoms with van der Waals surface area (Å²) < 4.78 is 0. The van der Waals surface area contributed by atoms with E-state index in [1.807, 2.05) is 32.0 Å². The van der Waals surface area contributed by atoms with E-state index in [2.05, 4.69) is 24.1 Å². The maximum absolute atomic E-state index is 10.5. The van der Waals surface area contributed by atoms with Gasteiger partial charge in [-0.1, -0.05) is 40.2 Å². The third-order valence-electron chi connectivity index (χ3n) is 1.24. The summed E-state index contributed by atoms with van der Waals surface area (Å²) in [7, 11) is 0.